The normalized spacial score (nSPS) is 18.6. The molecule has 1 aliphatic rings. The first kappa shape index (κ1) is 12.4. The van der Waals surface area contributed by atoms with Crippen molar-refractivity contribution in [3.8, 4) is 5.75 Å². The molecular weight excluding hydrogens is 251 g/mol. The predicted molar refractivity (Wildman–Crippen MR) is 54.0 cm³/mol. The van der Waals surface area contributed by atoms with Crippen molar-refractivity contribution in [3.05, 3.63) is 29.3 Å². The van der Waals surface area contributed by atoms with Crippen LogP contribution in [0, 0.1) is 0 Å². The van der Waals surface area contributed by atoms with E-state index in [0.29, 0.717) is 0 Å². The molecule has 2 rings (SSSR count). The molecule has 1 aliphatic carbocycles. The lowest BCUT2D eigenvalue weighted by Crippen LogP contribution is -2.38. The Morgan fingerprint density at radius 3 is 2.67 bits per heavy atom. The van der Waals surface area contributed by atoms with Crippen LogP contribution in [0.5, 0.6) is 5.75 Å². The number of ketones is 1. The molecule has 0 radical (unpaired) electrons. The molecule has 4 nitrogen and oxygen atoms in total. The molecule has 0 bridgehead atoms. The minimum atomic E-state index is -5.02. The average Bonchev–Trinajstić information content (AvgIpc) is 2.56. The molecule has 96 valence electrons. The molecule has 18 heavy (non-hydrogen) atoms. The second-order valence-electron chi connectivity index (χ2n) is 3.89. The van der Waals surface area contributed by atoms with Gasteiger partial charge in [-0.3, -0.25) is 9.59 Å². The van der Waals surface area contributed by atoms with Gasteiger partial charge in [0.15, 0.2) is 5.78 Å². The molecule has 2 N–H and O–H groups in total. The lowest BCUT2D eigenvalue weighted by molar-refractivity contribution is -0.174. The molecule has 1 atom stereocenters. The number of nitrogens with one attached hydrogen (secondary N) is 1. The summed E-state index contributed by atoms with van der Waals surface area (Å²) in [6, 6.07) is 2.93. The number of carbonyl (C=O) groups excluding carboxylic acids is 2. The first-order valence-corrected chi connectivity index (χ1v) is 5.03. The smallest absolute Gasteiger partial charge is 0.471 e. The number of rotatable bonds is 1. The SMILES string of the molecule is O=C1CC(NC(=O)C(F)(F)F)c2c(O)cccc21. The quantitative estimate of drug-likeness (QED) is 0.806. The van der Waals surface area contributed by atoms with Gasteiger partial charge in [0.05, 0.1) is 6.04 Å². The summed E-state index contributed by atoms with van der Waals surface area (Å²) in [4.78, 5) is 22.3. The van der Waals surface area contributed by atoms with Crippen molar-refractivity contribution < 1.29 is 27.9 Å². The van der Waals surface area contributed by atoms with Gasteiger partial charge in [0, 0.05) is 17.5 Å². The second kappa shape index (κ2) is 4.01. The van der Waals surface area contributed by atoms with E-state index in [1.165, 1.54) is 18.2 Å². The minimum absolute atomic E-state index is 0.0418. The van der Waals surface area contributed by atoms with Crippen LogP contribution in [0.1, 0.15) is 28.4 Å². The number of hydrogen-bond acceptors (Lipinski definition) is 3. The van der Waals surface area contributed by atoms with Crippen LogP contribution in [0.2, 0.25) is 0 Å². The molecule has 7 heteroatoms. The van der Waals surface area contributed by atoms with Gasteiger partial charge in [-0.1, -0.05) is 12.1 Å². The van der Waals surface area contributed by atoms with Crippen molar-refractivity contribution in [1.82, 2.24) is 5.32 Å². The van der Waals surface area contributed by atoms with E-state index < -0.39 is 23.9 Å². The van der Waals surface area contributed by atoms with Gasteiger partial charge in [-0.05, 0) is 6.07 Å². The summed E-state index contributed by atoms with van der Waals surface area (Å²) in [6.45, 7) is 0. The molecule has 0 aromatic heterocycles. The highest BCUT2D eigenvalue weighted by atomic mass is 19.4. The van der Waals surface area contributed by atoms with E-state index in [4.69, 9.17) is 0 Å². The number of aromatic hydroxyl groups is 1. The Balaban J connectivity index is 2.30. The summed E-state index contributed by atoms with van der Waals surface area (Å²) in [5.41, 5.74) is 0.183. The van der Waals surface area contributed by atoms with Crippen LogP contribution in [0.25, 0.3) is 0 Å². The summed E-state index contributed by atoms with van der Waals surface area (Å²) >= 11 is 0. The highest BCUT2D eigenvalue weighted by Gasteiger charge is 2.42. The van der Waals surface area contributed by atoms with Crippen molar-refractivity contribution >= 4 is 11.7 Å². The Labute approximate surface area is 99.4 Å². The van der Waals surface area contributed by atoms with Gasteiger partial charge in [-0.15, -0.1) is 0 Å². The van der Waals surface area contributed by atoms with E-state index in [-0.39, 0.29) is 23.3 Å². The molecule has 0 saturated carbocycles. The van der Waals surface area contributed by atoms with Gasteiger partial charge in [-0.2, -0.15) is 13.2 Å². The molecule has 1 amide bonds. The standard InChI is InChI=1S/C11H8F3NO3/c12-11(13,14)10(18)15-6-4-8(17)5-2-1-3-7(16)9(5)6/h1-3,6,16H,4H2,(H,15,18). The van der Waals surface area contributed by atoms with E-state index in [9.17, 15) is 27.9 Å². The monoisotopic (exact) mass is 259 g/mol. The lowest BCUT2D eigenvalue weighted by Gasteiger charge is -2.15. The maximum atomic E-state index is 12.1. The number of carbonyl (C=O) groups is 2. The second-order valence-corrected chi connectivity index (χ2v) is 3.89. The Bertz CT molecular complexity index is 525. The zero-order chi connectivity index (χ0) is 13.5. The predicted octanol–water partition coefficient (Wildman–Crippen LogP) is 1.70. The van der Waals surface area contributed by atoms with Gasteiger partial charge in [0.25, 0.3) is 0 Å². The zero-order valence-electron chi connectivity index (χ0n) is 8.91. The van der Waals surface area contributed by atoms with E-state index in [2.05, 4.69) is 0 Å². The van der Waals surface area contributed by atoms with Crippen LogP contribution < -0.4 is 5.32 Å². The third-order valence-corrected chi connectivity index (χ3v) is 2.68. The van der Waals surface area contributed by atoms with Crippen LogP contribution in [0.3, 0.4) is 0 Å². The van der Waals surface area contributed by atoms with Gasteiger partial charge in [0.2, 0.25) is 0 Å². The van der Waals surface area contributed by atoms with E-state index in [0.717, 1.165) is 0 Å². The highest BCUT2D eigenvalue weighted by Crippen LogP contribution is 2.37. The number of hydrogen-bond donors (Lipinski definition) is 2. The zero-order valence-corrected chi connectivity index (χ0v) is 8.91. The lowest BCUT2D eigenvalue weighted by atomic mass is 10.1. The molecular formula is C11H8F3NO3. The molecule has 1 aromatic carbocycles. The van der Waals surface area contributed by atoms with Crippen LogP contribution >= 0.6 is 0 Å². The maximum absolute atomic E-state index is 12.1. The number of Topliss-reactive ketones (excluding diaryl/α,β-unsaturated/α-hetero) is 1. The molecule has 0 fully saturated rings. The molecule has 0 saturated heterocycles. The fourth-order valence-electron chi connectivity index (χ4n) is 1.92. The first-order valence-electron chi connectivity index (χ1n) is 5.03. The van der Waals surface area contributed by atoms with Crippen molar-refractivity contribution in [2.24, 2.45) is 0 Å². The number of benzene rings is 1. The number of amides is 1. The summed E-state index contributed by atoms with van der Waals surface area (Å²) in [6.07, 6.45) is -5.30. The Kier molecular flexibility index (Phi) is 2.76. The summed E-state index contributed by atoms with van der Waals surface area (Å²) in [7, 11) is 0. The number of phenolic OH excluding ortho intramolecular Hbond substituents is 1. The van der Waals surface area contributed by atoms with Gasteiger partial charge in [-0.25, -0.2) is 0 Å². The highest BCUT2D eigenvalue weighted by molar-refractivity contribution is 6.02. The van der Waals surface area contributed by atoms with Crippen LogP contribution in [-0.4, -0.2) is 23.0 Å². The maximum Gasteiger partial charge on any atom is 0.471 e. The third kappa shape index (κ3) is 2.03. The molecule has 0 spiro atoms. The third-order valence-electron chi connectivity index (χ3n) is 2.68. The van der Waals surface area contributed by atoms with Crippen LogP contribution in [-0.2, 0) is 4.79 Å². The van der Waals surface area contributed by atoms with E-state index in [1.54, 1.807) is 5.32 Å². The summed E-state index contributed by atoms with van der Waals surface area (Å²) in [5.74, 6) is -2.84. The molecule has 1 unspecified atom stereocenters. The van der Waals surface area contributed by atoms with E-state index >= 15 is 0 Å². The van der Waals surface area contributed by atoms with Crippen LogP contribution in [0.4, 0.5) is 13.2 Å². The number of phenols is 1. The minimum Gasteiger partial charge on any atom is -0.508 e. The topological polar surface area (TPSA) is 66.4 Å². The van der Waals surface area contributed by atoms with Gasteiger partial charge in [0.1, 0.15) is 5.75 Å². The van der Waals surface area contributed by atoms with E-state index in [1.807, 2.05) is 0 Å². The van der Waals surface area contributed by atoms with Crippen molar-refractivity contribution in [2.45, 2.75) is 18.6 Å². The average molecular weight is 259 g/mol. The molecule has 0 aliphatic heterocycles. The van der Waals surface area contributed by atoms with Gasteiger partial charge < -0.3 is 10.4 Å². The Morgan fingerprint density at radius 2 is 2.06 bits per heavy atom. The first-order chi connectivity index (χ1) is 8.30. The van der Waals surface area contributed by atoms with Crippen molar-refractivity contribution in [1.29, 1.82) is 0 Å². The number of alkyl halides is 3. The fourth-order valence-corrected chi connectivity index (χ4v) is 1.92. The fraction of sp³-hybridized carbons (Fsp3) is 0.273. The summed E-state index contributed by atoms with van der Waals surface area (Å²) in [5, 5.41) is 11.3. The van der Waals surface area contributed by atoms with Crippen LogP contribution in [0.15, 0.2) is 18.2 Å². The van der Waals surface area contributed by atoms with Crippen molar-refractivity contribution in [2.75, 3.05) is 0 Å². The Hall–Kier alpha value is -2.05. The molecule has 1 aromatic rings. The Morgan fingerprint density at radius 1 is 1.39 bits per heavy atom. The largest absolute Gasteiger partial charge is 0.508 e. The number of fused-ring (bicyclic) bond motifs is 1. The number of halogens is 3. The molecule has 0 heterocycles. The van der Waals surface area contributed by atoms with Gasteiger partial charge >= 0.3 is 12.1 Å². The van der Waals surface area contributed by atoms with Crippen molar-refractivity contribution in [3.63, 3.8) is 0 Å². The summed E-state index contributed by atoms with van der Waals surface area (Å²) < 4.78 is 36.4.